The molecule has 0 saturated carbocycles. The van der Waals surface area contributed by atoms with Gasteiger partial charge in [-0.3, -0.25) is 9.59 Å². The first-order chi connectivity index (χ1) is 15.4. The highest BCUT2D eigenvalue weighted by atomic mass is 32.2. The Morgan fingerprint density at radius 2 is 1.59 bits per heavy atom. The second kappa shape index (κ2) is 9.50. The summed E-state index contributed by atoms with van der Waals surface area (Å²) in [4.78, 5) is 25.0. The van der Waals surface area contributed by atoms with Gasteiger partial charge in [-0.15, -0.1) is 0 Å². The Balaban J connectivity index is 1.51. The summed E-state index contributed by atoms with van der Waals surface area (Å²) in [5.74, 6) is -0.400. The summed E-state index contributed by atoms with van der Waals surface area (Å²) in [5, 5.41) is 2.86. The van der Waals surface area contributed by atoms with Gasteiger partial charge in [0.1, 0.15) is 6.54 Å². The monoisotopic (exact) mass is 451 g/mol. The summed E-state index contributed by atoms with van der Waals surface area (Å²) in [6.45, 7) is 0.669. The van der Waals surface area contributed by atoms with Crippen LogP contribution < -0.4 is 10.9 Å². The maximum Gasteiger partial charge on any atom is 0.251 e. The van der Waals surface area contributed by atoms with Crippen LogP contribution >= 0.6 is 0 Å². The zero-order valence-corrected chi connectivity index (χ0v) is 18.4. The highest BCUT2D eigenvalue weighted by Gasteiger charge is 2.27. The van der Waals surface area contributed by atoms with Gasteiger partial charge in [-0.25, -0.2) is 8.42 Å². The van der Waals surface area contributed by atoms with E-state index in [1.165, 1.54) is 22.6 Å². The maximum absolute atomic E-state index is 12.8. The Morgan fingerprint density at radius 1 is 0.906 bits per heavy atom. The minimum Gasteiger partial charge on any atom is -0.324 e. The number of amides is 1. The van der Waals surface area contributed by atoms with Crippen molar-refractivity contribution < 1.29 is 13.2 Å². The third kappa shape index (κ3) is 4.98. The van der Waals surface area contributed by atoms with Crippen LogP contribution in [0.25, 0.3) is 0 Å². The van der Waals surface area contributed by atoms with Crippen molar-refractivity contribution in [1.29, 1.82) is 0 Å². The average molecular weight is 452 g/mol. The zero-order valence-electron chi connectivity index (χ0n) is 17.6. The van der Waals surface area contributed by atoms with E-state index in [9.17, 15) is 18.0 Å². The lowest BCUT2D eigenvalue weighted by Gasteiger charge is -2.16. The van der Waals surface area contributed by atoms with Gasteiger partial charge in [-0.1, -0.05) is 48.5 Å². The molecular weight excluding hydrogens is 426 g/mol. The van der Waals surface area contributed by atoms with Crippen LogP contribution in [-0.4, -0.2) is 36.3 Å². The van der Waals surface area contributed by atoms with Crippen LogP contribution in [0.1, 0.15) is 24.0 Å². The molecule has 0 radical (unpaired) electrons. The van der Waals surface area contributed by atoms with E-state index in [4.69, 9.17) is 0 Å². The Hall–Kier alpha value is -3.23. The fourth-order valence-electron chi connectivity index (χ4n) is 3.82. The van der Waals surface area contributed by atoms with Crippen LogP contribution in [0.5, 0.6) is 0 Å². The number of carbonyl (C=O) groups is 1. The van der Waals surface area contributed by atoms with Crippen molar-refractivity contribution in [2.75, 3.05) is 18.4 Å². The molecule has 166 valence electrons. The Morgan fingerprint density at radius 3 is 2.34 bits per heavy atom. The molecule has 2 heterocycles. The van der Waals surface area contributed by atoms with E-state index >= 15 is 0 Å². The maximum atomic E-state index is 12.8. The lowest BCUT2D eigenvalue weighted by Crippen LogP contribution is -2.31. The van der Waals surface area contributed by atoms with Crippen molar-refractivity contribution in [3.05, 3.63) is 94.4 Å². The largest absolute Gasteiger partial charge is 0.324 e. The predicted molar refractivity (Wildman–Crippen MR) is 123 cm³/mol. The van der Waals surface area contributed by atoms with E-state index in [0.29, 0.717) is 25.2 Å². The Kier molecular flexibility index (Phi) is 6.53. The third-order valence-electron chi connectivity index (χ3n) is 5.50. The summed E-state index contributed by atoms with van der Waals surface area (Å²) >= 11 is 0. The molecule has 0 bridgehead atoms. The van der Waals surface area contributed by atoms with Crippen LogP contribution in [0.2, 0.25) is 0 Å². The SMILES string of the molecule is O=C(Cn1cc(S(=O)(=O)N2CCCC2)ccc1=O)Nc1ccccc1Cc1ccccc1. The molecule has 1 amide bonds. The number of anilines is 1. The molecular formula is C24H25N3O4S. The van der Waals surface area contributed by atoms with Crippen molar-refractivity contribution in [3.63, 3.8) is 0 Å². The molecule has 4 rings (SSSR count). The number of pyridine rings is 1. The number of aromatic nitrogens is 1. The molecule has 0 unspecified atom stereocenters. The second-order valence-electron chi connectivity index (χ2n) is 7.81. The second-order valence-corrected chi connectivity index (χ2v) is 9.75. The molecule has 0 spiro atoms. The molecule has 0 aliphatic carbocycles. The van der Waals surface area contributed by atoms with Gasteiger partial charge >= 0.3 is 0 Å². The fourth-order valence-corrected chi connectivity index (χ4v) is 5.36. The van der Waals surface area contributed by atoms with E-state index < -0.39 is 21.5 Å². The van der Waals surface area contributed by atoms with Gasteiger partial charge in [-0.05, 0) is 42.5 Å². The smallest absolute Gasteiger partial charge is 0.251 e. The summed E-state index contributed by atoms with van der Waals surface area (Å²) < 4.78 is 28.2. The van der Waals surface area contributed by atoms with Crippen molar-refractivity contribution in [2.24, 2.45) is 0 Å². The predicted octanol–water partition coefficient (Wildman–Crippen LogP) is 2.86. The van der Waals surface area contributed by atoms with E-state index in [2.05, 4.69) is 5.32 Å². The summed E-state index contributed by atoms with van der Waals surface area (Å²) in [7, 11) is -3.67. The molecule has 8 heteroatoms. The number of sulfonamides is 1. The third-order valence-corrected chi connectivity index (χ3v) is 7.38. The number of nitrogens with zero attached hydrogens (tertiary/aromatic N) is 2. The van der Waals surface area contributed by atoms with Crippen LogP contribution in [0.3, 0.4) is 0 Å². The highest BCUT2D eigenvalue weighted by Crippen LogP contribution is 2.21. The van der Waals surface area contributed by atoms with Gasteiger partial charge in [0, 0.05) is 31.0 Å². The summed E-state index contributed by atoms with van der Waals surface area (Å²) in [6, 6.07) is 19.9. The van der Waals surface area contributed by atoms with Gasteiger partial charge in [0.25, 0.3) is 5.56 Å². The molecule has 1 saturated heterocycles. The Labute approximate surface area is 187 Å². The van der Waals surface area contributed by atoms with Crippen LogP contribution in [-0.2, 0) is 27.8 Å². The quantitative estimate of drug-likeness (QED) is 0.598. The molecule has 3 aromatic rings. The van der Waals surface area contributed by atoms with Crippen molar-refractivity contribution in [2.45, 2.75) is 30.7 Å². The standard InChI is InChI=1S/C24H25N3O4S/c28-23(25-22-11-5-4-10-20(22)16-19-8-2-1-3-9-19)18-26-17-21(12-13-24(26)29)32(30,31)27-14-6-7-15-27/h1-5,8-13,17H,6-7,14-16,18H2,(H,25,28). The molecule has 2 aromatic carbocycles. The minimum absolute atomic E-state index is 0.0243. The minimum atomic E-state index is -3.67. The zero-order chi connectivity index (χ0) is 22.6. The first-order valence-corrected chi connectivity index (χ1v) is 12.0. The normalized spacial score (nSPS) is 14.4. The van der Waals surface area contributed by atoms with Crippen molar-refractivity contribution >= 4 is 21.6 Å². The lowest BCUT2D eigenvalue weighted by atomic mass is 10.0. The van der Waals surface area contributed by atoms with Crippen LogP contribution in [0, 0.1) is 0 Å². The molecule has 1 aromatic heterocycles. The molecule has 32 heavy (non-hydrogen) atoms. The van der Waals surface area contributed by atoms with Gasteiger partial charge in [0.15, 0.2) is 0 Å². The van der Waals surface area contributed by atoms with Crippen molar-refractivity contribution in [3.8, 4) is 0 Å². The average Bonchev–Trinajstić information content (AvgIpc) is 3.33. The number of nitrogens with one attached hydrogen (secondary N) is 1. The number of carbonyl (C=O) groups excluding carboxylic acids is 1. The van der Waals surface area contributed by atoms with E-state index in [1.54, 1.807) is 0 Å². The lowest BCUT2D eigenvalue weighted by molar-refractivity contribution is -0.116. The van der Waals surface area contributed by atoms with Crippen LogP contribution in [0.15, 0.2) is 82.6 Å². The summed E-state index contributed by atoms with van der Waals surface area (Å²) in [5.41, 5.74) is 2.29. The molecule has 1 aliphatic rings. The van der Waals surface area contributed by atoms with E-state index in [1.807, 2.05) is 54.6 Å². The van der Waals surface area contributed by atoms with Crippen molar-refractivity contribution in [1.82, 2.24) is 8.87 Å². The van der Waals surface area contributed by atoms with Gasteiger partial charge < -0.3 is 9.88 Å². The number of hydrogen-bond donors (Lipinski definition) is 1. The molecule has 0 atom stereocenters. The first kappa shape index (κ1) is 22.0. The molecule has 1 N–H and O–H groups in total. The van der Waals surface area contributed by atoms with Gasteiger partial charge in [0.05, 0.1) is 4.90 Å². The number of hydrogen-bond acceptors (Lipinski definition) is 4. The van der Waals surface area contributed by atoms with E-state index in [0.717, 1.165) is 28.5 Å². The topological polar surface area (TPSA) is 88.5 Å². The first-order valence-electron chi connectivity index (χ1n) is 10.6. The number of para-hydroxylation sites is 1. The van der Waals surface area contributed by atoms with Gasteiger partial charge in [0.2, 0.25) is 15.9 Å². The Bertz CT molecular complexity index is 1260. The number of rotatable bonds is 7. The van der Waals surface area contributed by atoms with Gasteiger partial charge in [-0.2, -0.15) is 4.31 Å². The fraction of sp³-hybridized carbons (Fsp3) is 0.250. The number of benzene rings is 2. The van der Waals surface area contributed by atoms with Crippen LogP contribution in [0.4, 0.5) is 5.69 Å². The molecule has 1 aliphatic heterocycles. The molecule has 1 fully saturated rings. The molecule has 7 nitrogen and oxygen atoms in total. The highest BCUT2D eigenvalue weighted by molar-refractivity contribution is 7.89. The van der Waals surface area contributed by atoms with E-state index in [-0.39, 0.29) is 11.4 Å². The summed E-state index contributed by atoms with van der Waals surface area (Å²) in [6.07, 6.45) is 3.56.